The second kappa shape index (κ2) is 7.62. The first-order valence-electron chi connectivity index (χ1n) is 7.89. The van der Waals surface area contributed by atoms with Gasteiger partial charge in [0.2, 0.25) is 5.91 Å². The lowest BCUT2D eigenvalue weighted by Crippen LogP contribution is -2.37. The van der Waals surface area contributed by atoms with Crippen LogP contribution in [0.5, 0.6) is 0 Å². The van der Waals surface area contributed by atoms with E-state index in [2.05, 4.69) is 41.7 Å². The molecule has 122 valence electrons. The van der Waals surface area contributed by atoms with Gasteiger partial charge in [0.1, 0.15) is 0 Å². The maximum Gasteiger partial charge on any atom is 0.244 e. The molecular weight excluding hydrogens is 308 g/mol. The predicted molar refractivity (Wildman–Crippen MR) is 96.9 cm³/mol. The van der Waals surface area contributed by atoms with Crippen LogP contribution >= 0.6 is 12.4 Å². The fourth-order valence-corrected chi connectivity index (χ4v) is 2.56. The molecule has 0 spiro atoms. The minimum absolute atomic E-state index is 0. The number of hydrogen-bond acceptors (Lipinski definition) is 2. The molecular formula is C19H23ClN2O. The van der Waals surface area contributed by atoms with E-state index in [9.17, 15) is 4.79 Å². The fraction of sp³-hybridized carbons (Fsp3) is 0.316. The van der Waals surface area contributed by atoms with Gasteiger partial charge in [-0.3, -0.25) is 4.79 Å². The highest BCUT2D eigenvalue weighted by Gasteiger charge is 2.45. The Labute approximate surface area is 143 Å². The van der Waals surface area contributed by atoms with Gasteiger partial charge < -0.3 is 11.1 Å². The molecule has 0 aromatic heterocycles. The molecule has 1 aliphatic rings. The average Bonchev–Trinajstić information content (AvgIpc) is 3.28. The summed E-state index contributed by atoms with van der Waals surface area (Å²) in [4.78, 5) is 12.0. The number of hydrogen-bond donors (Lipinski definition) is 2. The van der Waals surface area contributed by atoms with Crippen LogP contribution in [-0.2, 0) is 17.6 Å². The number of halogens is 1. The quantitative estimate of drug-likeness (QED) is 0.848. The summed E-state index contributed by atoms with van der Waals surface area (Å²) in [5.41, 5.74) is 8.75. The summed E-state index contributed by atoms with van der Waals surface area (Å²) < 4.78 is 0. The first kappa shape index (κ1) is 17.5. The van der Waals surface area contributed by atoms with Crippen LogP contribution in [0.25, 0.3) is 0 Å². The number of aryl methyl sites for hydroxylation is 2. The molecule has 23 heavy (non-hydrogen) atoms. The maximum atomic E-state index is 12.0. The lowest BCUT2D eigenvalue weighted by Gasteiger charge is -2.11. The van der Waals surface area contributed by atoms with Crippen LogP contribution < -0.4 is 11.1 Å². The van der Waals surface area contributed by atoms with Crippen molar-refractivity contribution in [1.82, 2.24) is 0 Å². The van der Waals surface area contributed by atoms with E-state index in [1.54, 1.807) is 0 Å². The van der Waals surface area contributed by atoms with E-state index in [-0.39, 0.29) is 18.3 Å². The predicted octanol–water partition coefficient (Wildman–Crippen LogP) is 3.71. The third kappa shape index (κ3) is 4.81. The van der Waals surface area contributed by atoms with E-state index in [0.717, 1.165) is 37.8 Å². The maximum absolute atomic E-state index is 12.0. The van der Waals surface area contributed by atoms with Crippen molar-refractivity contribution < 1.29 is 4.79 Å². The monoisotopic (exact) mass is 330 g/mol. The number of benzene rings is 2. The molecule has 0 radical (unpaired) electrons. The zero-order valence-corrected chi connectivity index (χ0v) is 13.9. The van der Waals surface area contributed by atoms with Crippen LogP contribution in [0.4, 0.5) is 5.69 Å². The summed E-state index contributed by atoms with van der Waals surface area (Å²) in [6.07, 6.45) is 4.75. The lowest BCUT2D eigenvalue weighted by molar-refractivity contribution is -0.118. The number of amides is 1. The molecule has 0 saturated heterocycles. The van der Waals surface area contributed by atoms with Gasteiger partial charge in [0, 0.05) is 5.69 Å². The van der Waals surface area contributed by atoms with E-state index < -0.39 is 5.54 Å². The van der Waals surface area contributed by atoms with Crippen molar-refractivity contribution in [3.8, 4) is 0 Å². The molecule has 3 N–H and O–H groups in total. The van der Waals surface area contributed by atoms with Gasteiger partial charge in [-0.2, -0.15) is 0 Å². The van der Waals surface area contributed by atoms with E-state index >= 15 is 0 Å². The van der Waals surface area contributed by atoms with Crippen LogP contribution in [0.3, 0.4) is 0 Å². The number of carbonyl (C=O) groups is 1. The van der Waals surface area contributed by atoms with Crippen LogP contribution in [0.2, 0.25) is 0 Å². The van der Waals surface area contributed by atoms with E-state index in [4.69, 9.17) is 5.73 Å². The molecule has 0 unspecified atom stereocenters. The molecule has 0 heterocycles. The second-order valence-corrected chi connectivity index (χ2v) is 6.15. The van der Waals surface area contributed by atoms with Crippen molar-refractivity contribution in [2.75, 3.05) is 5.32 Å². The smallest absolute Gasteiger partial charge is 0.244 e. The zero-order valence-electron chi connectivity index (χ0n) is 13.1. The summed E-state index contributed by atoms with van der Waals surface area (Å²) in [5, 5.41) is 2.93. The Morgan fingerprint density at radius 1 is 1.00 bits per heavy atom. The highest BCUT2D eigenvalue weighted by atomic mass is 35.5. The van der Waals surface area contributed by atoms with Crippen molar-refractivity contribution in [2.24, 2.45) is 5.73 Å². The number of nitrogens with one attached hydrogen (secondary N) is 1. The Hall–Kier alpha value is -1.84. The lowest BCUT2D eigenvalue weighted by atomic mass is 10.0. The average molecular weight is 331 g/mol. The standard InChI is InChI=1S/C19H22N2O.ClH/c20-19(12-13-19)18(22)21-17-11-5-10-16(14-17)9-4-8-15-6-2-1-3-7-15;/h1-3,5-7,10-11,14H,4,8-9,12-13,20H2,(H,21,22);1H. The summed E-state index contributed by atoms with van der Waals surface area (Å²) in [5.74, 6) is -0.0612. The van der Waals surface area contributed by atoms with Crippen molar-refractivity contribution in [3.63, 3.8) is 0 Å². The van der Waals surface area contributed by atoms with Crippen molar-refractivity contribution >= 4 is 24.0 Å². The van der Waals surface area contributed by atoms with Crippen molar-refractivity contribution in [1.29, 1.82) is 0 Å². The van der Waals surface area contributed by atoms with Crippen LogP contribution in [-0.4, -0.2) is 11.4 Å². The second-order valence-electron chi connectivity index (χ2n) is 6.15. The fourth-order valence-electron chi connectivity index (χ4n) is 2.56. The van der Waals surface area contributed by atoms with E-state index in [0.29, 0.717) is 0 Å². The summed E-state index contributed by atoms with van der Waals surface area (Å²) in [6.45, 7) is 0. The van der Waals surface area contributed by atoms with Gasteiger partial charge in [0.25, 0.3) is 0 Å². The minimum atomic E-state index is -0.622. The summed E-state index contributed by atoms with van der Waals surface area (Å²) in [6, 6.07) is 18.6. The van der Waals surface area contributed by atoms with E-state index in [1.165, 1.54) is 11.1 Å². The van der Waals surface area contributed by atoms with Crippen LogP contribution in [0.15, 0.2) is 54.6 Å². The molecule has 0 bridgehead atoms. The Morgan fingerprint density at radius 3 is 2.35 bits per heavy atom. The number of rotatable bonds is 6. The zero-order chi connectivity index (χ0) is 15.4. The van der Waals surface area contributed by atoms with Gasteiger partial charge in [-0.25, -0.2) is 0 Å². The first-order chi connectivity index (χ1) is 10.7. The van der Waals surface area contributed by atoms with E-state index in [1.807, 2.05) is 18.2 Å². The third-order valence-corrected chi connectivity index (χ3v) is 4.20. The number of anilines is 1. The molecule has 2 aromatic rings. The summed E-state index contributed by atoms with van der Waals surface area (Å²) >= 11 is 0. The minimum Gasteiger partial charge on any atom is -0.324 e. The molecule has 1 amide bonds. The molecule has 0 atom stereocenters. The largest absolute Gasteiger partial charge is 0.324 e. The number of carbonyl (C=O) groups excluding carboxylic acids is 1. The molecule has 4 heteroatoms. The van der Waals surface area contributed by atoms with Crippen molar-refractivity contribution in [3.05, 3.63) is 65.7 Å². The third-order valence-electron chi connectivity index (χ3n) is 4.20. The van der Waals surface area contributed by atoms with Gasteiger partial charge in [0.05, 0.1) is 5.54 Å². The molecule has 0 aliphatic heterocycles. The topological polar surface area (TPSA) is 55.1 Å². The van der Waals surface area contributed by atoms with Gasteiger partial charge >= 0.3 is 0 Å². The molecule has 1 aliphatic carbocycles. The SMILES string of the molecule is Cl.NC1(C(=O)Nc2cccc(CCCc3ccccc3)c2)CC1. The molecule has 2 aromatic carbocycles. The van der Waals surface area contributed by atoms with Gasteiger partial charge in [-0.1, -0.05) is 42.5 Å². The highest BCUT2D eigenvalue weighted by Crippen LogP contribution is 2.33. The van der Waals surface area contributed by atoms with Crippen molar-refractivity contribution in [2.45, 2.75) is 37.6 Å². The molecule has 1 saturated carbocycles. The number of nitrogens with two attached hydrogens (primary N) is 1. The first-order valence-corrected chi connectivity index (χ1v) is 7.89. The van der Waals surface area contributed by atoms with Gasteiger partial charge in [-0.05, 0) is 55.4 Å². The summed E-state index contributed by atoms with van der Waals surface area (Å²) in [7, 11) is 0. The molecule has 3 rings (SSSR count). The van der Waals surface area contributed by atoms with Crippen LogP contribution in [0.1, 0.15) is 30.4 Å². The Balaban J connectivity index is 0.00000192. The Morgan fingerprint density at radius 2 is 1.65 bits per heavy atom. The molecule has 3 nitrogen and oxygen atoms in total. The van der Waals surface area contributed by atoms with Gasteiger partial charge in [0.15, 0.2) is 0 Å². The highest BCUT2D eigenvalue weighted by molar-refractivity contribution is 6.00. The normalized spacial score (nSPS) is 14.7. The Kier molecular flexibility index (Phi) is 5.80. The van der Waals surface area contributed by atoms with Crippen LogP contribution in [0, 0.1) is 0 Å². The Bertz CT molecular complexity index is 653. The van der Waals surface area contributed by atoms with Gasteiger partial charge in [-0.15, -0.1) is 12.4 Å². The molecule has 1 fully saturated rings.